The van der Waals surface area contributed by atoms with Gasteiger partial charge in [0.25, 0.3) is 5.91 Å². The fraction of sp³-hybridized carbons (Fsp3) is 0.354. The molecule has 6 rings (SSSR count). The minimum Gasteiger partial charge on any atom is -0.507 e. The van der Waals surface area contributed by atoms with Gasteiger partial charge in [-0.15, -0.1) is 0 Å². The molecule has 4 aromatic carbocycles. The quantitative estimate of drug-likeness (QED) is 0.0973. The van der Waals surface area contributed by atoms with E-state index in [0.717, 1.165) is 16.7 Å². The van der Waals surface area contributed by atoms with Gasteiger partial charge in [0, 0.05) is 36.2 Å². The summed E-state index contributed by atoms with van der Waals surface area (Å²) in [7, 11) is 1.44. The molecule has 0 aromatic heterocycles. The number of nitrogens with zero attached hydrogens (tertiary/aromatic N) is 2. The van der Waals surface area contributed by atoms with Crippen LogP contribution in [0.5, 0.6) is 5.75 Å². The lowest BCUT2D eigenvalue weighted by Gasteiger charge is -2.40. The van der Waals surface area contributed by atoms with E-state index in [-0.39, 0.29) is 18.6 Å². The summed E-state index contributed by atoms with van der Waals surface area (Å²) < 4.78 is 0. The number of likely N-dealkylation sites (N-methyl/N-ethyl adjacent to an activating group) is 1. The third-order valence-electron chi connectivity index (χ3n) is 12.0. The van der Waals surface area contributed by atoms with Crippen LogP contribution in [0.1, 0.15) is 72.6 Å². The molecular formula is C48H55ClN8O8. The van der Waals surface area contributed by atoms with Crippen LogP contribution < -0.4 is 32.7 Å². The molecule has 9 N–H and O–H groups in total. The lowest BCUT2D eigenvalue weighted by Crippen LogP contribution is -2.62. The number of likely N-dealkylation sites (tertiary alicyclic amines) is 1. The molecule has 16 nitrogen and oxygen atoms in total. The number of nitrogens with two attached hydrogens (primary N) is 2. The van der Waals surface area contributed by atoms with E-state index in [4.69, 9.17) is 23.1 Å². The fourth-order valence-electron chi connectivity index (χ4n) is 8.07. The minimum atomic E-state index is -1.35. The molecule has 0 unspecified atom stereocenters. The summed E-state index contributed by atoms with van der Waals surface area (Å²) in [5.41, 5.74) is 15.8. The van der Waals surface area contributed by atoms with Gasteiger partial charge in [0.2, 0.25) is 35.4 Å². The van der Waals surface area contributed by atoms with E-state index < -0.39 is 77.6 Å². The maximum Gasteiger partial charge on any atom is 0.251 e. The van der Waals surface area contributed by atoms with Crippen LogP contribution in [0.4, 0.5) is 0 Å². The molecule has 1 saturated heterocycles. The Morgan fingerprint density at radius 3 is 2.20 bits per heavy atom. The molecule has 0 saturated carbocycles. The van der Waals surface area contributed by atoms with Crippen LogP contribution in [-0.4, -0.2) is 107 Å². The summed E-state index contributed by atoms with van der Waals surface area (Å²) in [6.07, 6.45) is 1.61. The first-order chi connectivity index (χ1) is 31.0. The Bertz CT molecular complexity index is 2460. The van der Waals surface area contributed by atoms with Gasteiger partial charge in [0.05, 0.1) is 0 Å². The maximum absolute atomic E-state index is 14.6. The first-order valence-corrected chi connectivity index (χ1v) is 21.9. The molecule has 17 heteroatoms. The highest BCUT2D eigenvalue weighted by atomic mass is 35.5. The van der Waals surface area contributed by atoms with Crippen LogP contribution in [0.3, 0.4) is 0 Å². The normalized spacial score (nSPS) is 19.3. The molecule has 1 fully saturated rings. The van der Waals surface area contributed by atoms with Crippen molar-refractivity contribution in [2.75, 3.05) is 20.1 Å². The lowest BCUT2D eigenvalue weighted by molar-refractivity contribution is -0.148. The number of benzene rings is 4. The number of nitrogens with one attached hydrogen (secondary N) is 4. The third-order valence-corrected chi connectivity index (χ3v) is 12.2. The van der Waals surface area contributed by atoms with E-state index in [1.165, 1.54) is 36.8 Å². The monoisotopic (exact) mass is 906 g/mol. The van der Waals surface area contributed by atoms with Gasteiger partial charge >= 0.3 is 0 Å². The van der Waals surface area contributed by atoms with Crippen LogP contribution in [0, 0.1) is 6.92 Å². The van der Waals surface area contributed by atoms with Crippen molar-refractivity contribution in [2.45, 2.75) is 89.1 Å². The van der Waals surface area contributed by atoms with Gasteiger partial charge in [-0.25, -0.2) is 0 Å². The Balaban J connectivity index is 1.30. The molecule has 0 aliphatic carbocycles. The number of halogens is 1. The smallest absolute Gasteiger partial charge is 0.251 e. The first kappa shape index (κ1) is 47.7. The van der Waals surface area contributed by atoms with Crippen LogP contribution >= 0.6 is 11.6 Å². The van der Waals surface area contributed by atoms with Crippen molar-refractivity contribution >= 4 is 53.0 Å². The molecule has 342 valence electrons. The molecule has 4 bridgehead atoms. The number of phenolic OH excluding ortho intramolecular Hbond substituents is 1. The number of carbonyl (C=O) groups excluding carboxylic acids is 7. The van der Waals surface area contributed by atoms with Gasteiger partial charge in [0.1, 0.15) is 42.0 Å². The number of carbonyl (C=O) groups is 7. The summed E-state index contributed by atoms with van der Waals surface area (Å²) in [4.78, 5) is 98.2. The standard InChI is InChI=1S/C48H55ClN8O8/c1-26-8-10-33-25-35(26)36-23-29(9-19-40(36)58)24-38(45(62)53-28(3)47(64)57-22-20-39(57)42(51)59)55-43(60)27(2)52-46(63)41(33)56(4)48(65)37(7-5-6-21-50)54-44(61)32-13-11-30(12-14-32)31-15-17-34(49)18-16-31/h8-19,23,25,27-28,37-39,41,58H,5-7,20-22,24,50H2,1-4H3,(H2,51,59)(H,52,63)(H,53,62)(H,54,61)(H,55,60)/t27-,28-,37-,38-,39-,41-/m0/s1. The molecule has 2 aliphatic rings. The van der Waals surface area contributed by atoms with Gasteiger partial charge in [-0.05, 0) is 129 Å². The molecule has 2 aliphatic heterocycles. The second-order valence-corrected chi connectivity index (χ2v) is 17.1. The highest BCUT2D eigenvalue weighted by molar-refractivity contribution is 6.30. The predicted molar refractivity (Wildman–Crippen MR) is 245 cm³/mol. The van der Waals surface area contributed by atoms with E-state index in [1.54, 1.807) is 66.7 Å². The van der Waals surface area contributed by atoms with Crippen LogP contribution in [-0.2, 0) is 35.2 Å². The second-order valence-electron chi connectivity index (χ2n) is 16.6. The van der Waals surface area contributed by atoms with E-state index in [1.807, 2.05) is 19.1 Å². The Labute approximate surface area is 382 Å². The lowest BCUT2D eigenvalue weighted by atomic mass is 9.91. The average Bonchev–Trinajstić information content (AvgIpc) is 3.26. The Morgan fingerprint density at radius 2 is 1.57 bits per heavy atom. The maximum atomic E-state index is 14.6. The number of unbranched alkanes of at least 4 members (excludes halogenated alkanes) is 1. The van der Waals surface area contributed by atoms with Gasteiger partial charge in [-0.1, -0.05) is 54.1 Å². The molecule has 0 radical (unpaired) electrons. The number of phenols is 1. The van der Waals surface area contributed by atoms with Crippen LogP contribution in [0.2, 0.25) is 5.02 Å². The fourth-order valence-corrected chi connectivity index (χ4v) is 8.19. The Hall–Kier alpha value is -6.78. The van der Waals surface area contributed by atoms with Gasteiger partial charge in [-0.2, -0.15) is 0 Å². The summed E-state index contributed by atoms with van der Waals surface area (Å²) in [6, 6.07) is 17.2. The molecule has 65 heavy (non-hydrogen) atoms. The number of aryl methyl sites for hydroxylation is 1. The highest BCUT2D eigenvalue weighted by Gasteiger charge is 2.40. The first-order valence-electron chi connectivity index (χ1n) is 21.5. The number of hydrogen-bond donors (Lipinski definition) is 7. The van der Waals surface area contributed by atoms with Crippen molar-refractivity contribution in [3.63, 3.8) is 0 Å². The molecule has 0 spiro atoms. The van der Waals surface area contributed by atoms with Crippen molar-refractivity contribution in [3.05, 3.63) is 112 Å². The van der Waals surface area contributed by atoms with Gasteiger partial charge in [-0.3, -0.25) is 33.6 Å². The minimum absolute atomic E-state index is 0.0670. The number of amides is 7. The van der Waals surface area contributed by atoms with Crippen molar-refractivity contribution in [3.8, 4) is 28.0 Å². The zero-order valence-corrected chi connectivity index (χ0v) is 37.5. The van der Waals surface area contributed by atoms with Crippen molar-refractivity contribution in [2.24, 2.45) is 11.5 Å². The SMILES string of the molecule is Cc1ccc2cc1-c1cc(ccc1O)C[C@@H](C(=O)N[C@@H](C)C(=O)N1CC[C@H]1C(N)=O)NC(=O)[C@H](C)NC(=O)[C@H]2N(C)C(=O)[C@H](CCCCN)NC(=O)c1ccc(-c2ccc(Cl)cc2)cc1. The summed E-state index contributed by atoms with van der Waals surface area (Å²) in [6.45, 7) is 5.37. The van der Waals surface area contributed by atoms with E-state index in [9.17, 15) is 38.7 Å². The van der Waals surface area contributed by atoms with Crippen molar-refractivity contribution in [1.29, 1.82) is 0 Å². The van der Waals surface area contributed by atoms with Gasteiger partial charge < -0.3 is 47.6 Å². The topological polar surface area (TPSA) is 246 Å². The van der Waals surface area contributed by atoms with E-state index >= 15 is 0 Å². The average molecular weight is 907 g/mol. The largest absolute Gasteiger partial charge is 0.507 e. The van der Waals surface area contributed by atoms with Crippen LogP contribution in [0.15, 0.2) is 84.9 Å². The number of aromatic hydroxyl groups is 1. The summed E-state index contributed by atoms with van der Waals surface area (Å²) in [5, 5.41) is 22.8. The molecular weight excluding hydrogens is 852 g/mol. The van der Waals surface area contributed by atoms with E-state index in [2.05, 4.69) is 21.3 Å². The summed E-state index contributed by atoms with van der Waals surface area (Å²) >= 11 is 6.06. The zero-order chi connectivity index (χ0) is 47.1. The number of primary amides is 1. The number of hydrogen-bond acceptors (Lipinski definition) is 9. The molecule has 2 heterocycles. The Kier molecular flexibility index (Phi) is 15.3. The molecule has 6 atom stereocenters. The third kappa shape index (κ3) is 11.1. The van der Waals surface area contributed by atoms with Gasteiger partial charge in [0.15, 0.2) is 0 Å². The highest BCUT2D eigenvalue weighted by Crippen LogP contribution is 2.36. The van der Waals surface area contributed by atoms with Crippen LogP contribution in [0.25, 0.3) is 22.3 Å². The van der Waals surface area contributed by atoms with E-state index in [0.29, 0.717) is 65.2 Å². The number of fused-ring (bicyclic) bond motifs is 5. The molecule has 7 amide bonds. The zero-order valence-electron chi connectivity index (χ0n) is 36.7. The predicted octanol–water partition coefficient (Wildman–Crippen LogP) is 3.25. The summed E-state index contributed by atoms with van der Waals surface area (Å²) in [5.74, 6) is -4.55. The Morgan fingerprint density at radius 1 is 0.892 bits per heavy atom. The molecule has 4 aromatic rings. The second kappa shape index (κ2) is 20.8. The van der Waals surface area contributed by atoms with Crippen molar-refractivity contribution < 1.29 is 38.7 Å². The number of rotatable bonds is 13. The van der Waals surface area contributed by atoms with Crippen molar-refractivity contribution in [1.82, 2.24) is 31.1 Å².